The molecule has 0 saturated heterocycles. The predicted octanol–water partition coefficient (Wildman–Crippen LogP) is 2.85. The van der Waals surface area contributed by atoms with E-state index in [-0.39, 0.29) is 4.77 Å². The highest BCUT2D eigenvalue weighted by atomic mass is 32.1. The highest BCUT2D eigenvalue weighted by Crippen LogP contribution is 2.23. The van der Waals surface area contributed by atoms with Gasteiger partial charge in [0.05, 0.1) is 24.4 Å². The first-order valence-corrected chi connectivity index (χ1v) is 4.37. The maximum absolute atomic E-state index is 13.3. The zero-order valence-electron chi connectivity index (χ0n) is 7.37. The van der Waals surface area contributed by atoms with Crippen molar-refractivity contribution in [1.29, 1.82) is 0 Å². The van der Waals surface area contributed by atoms with E-state index in [1.165, 1.54) is 6.26 Å². The van der Waals surface area contributed by atoms with Gasteiger partial charge in [0.15, 0.2) is 10.6 Å². The Kier molecular flexibility index (Phi) is 2.17. The van der Waals surface area contributed by atoms with E-state index in [0.29, 0.717) is 11.3 Å². The number of aryl methyl sites for hydroxylation is 1. The summed E-state index contributed by atoms with van der Waals surface area (Å²) in [5, 5.41) is 0. The molecule has 0 atom stereocenters. The van der Waals surface area contributed by atoms with E-state index in [0.717, 1.165) is 11.8 Å². The number of aromatic amines is 1. The summed E-state index contributed by atoms with van der Waals surface area (Å²) in [6, 6.07) is 0. The van der Waals surface area contributed by atoms with Crippen molar-refractivity contribution in [3.8, 4) is 11.3 Å². The van der Waals surface area contributed by atoms with Gasteiger partial charge in [0, 0.05) is 5.56 Å². The van der Waals surface area contributed by atoms with Crippen LogP contribution in [0.25, 0.3) is 11.3 Å². The average Bonchev–Trinajstić information content (AvgIpc) is 2.56. The second-order valence-corrected chi connectivity index (χ2v) is 3.27. The summed E-state index contributed by atoms with van der Waals surface area (Å²) < 4.78 is 18.5. The maximum Gasteiger partial charge on any atom is 0.197 e. The molecule has 0 aromatic carbocycles. The second-order valence-electron chi connectivity index (χ2n) is 2.88. The van der Waals surface area contributed by atoms with Crippen LogP contribution in [0.4, 0.5) is 4.39 Å². The fourth-order valence-electron chi connectivity index (χ4n) is 1.19. The predicted molar refractivity (Wildman–Crippen MR) is 51.8 cm³/mol. The fraction of sp³-hybridized carbons (Fsp3) is 0.111. The number of halogens is 1. The minimum absolute atomic E-state index is 0.252. The van der Waals surface area contributed by atoms with Crippen molar-refractivity contribution >= 4 is 12.2 Å². The van der Waals surface area contributed by atoms with Crippen molar-refractivity contribution in [3.05, 3.63) is 34.9 Å². The first-order chi connectivity index (χ1) is 6.68. The minimum atomic E-state index is -0.442. The van der Waals surface area contributed by atoms with Crippen molar-refractivity contribution in [3.63, 3.8) is 0 Å². The lowest BCUT2D eigenvalue weighted by Gasteiger charge is -2.00. The molecule has 2 aromatic rings. The van der Waals surface area contributed by atoms with Crippen LogP contribution in [0.1, 0.15) is 5.56 Å². The van der Waals surface area contributed by atoms with Crippen molar-refractivity contribution in [2.45, 2.75) is 6.92 Å². The highest BCUT2D eigenvalue weighted by Gasteiger charge is 2.09. The summed E-state index contributed by atoms with van der Waals surface area (Å²) in [6.45, 7) is 1.83. The molecule has 0 radical (unpaired) electrons. The van der Waals surface area contributed by atoms with E-state index in [1.807, 2.05) is 6.92 Å². The average molecular weight is 210 g/mol. The largest absolute Gasteiger partial charge is 0.472 e. The maximum atomic E-state index is 13.3. The third kappa shape index (κ3) is 1.46. The standard InChI is InChI=1S/C9H7FN2OS/c1-5-3-13-4-6(5)8-7(10)2-11-9(14)12-8/h2-4H,1H3,(H,11,12,14). The summed E-state index contributed by atoms with van der Waals surface area (Å²) in [5.41, 5.74) is 1.83. The van der Waals surface area contributed by atoms with Crippen LogP contribution in [0.5, 0.6) is 0 Å². The van der Waals surface area contributed by atoms with Crippen molar-refractivity contribution in [1.82, 2.24) is 9.97 Å². The van der Waals surface area contributed by atoms with Crippen LogP contribution in [-0.2, 0) is 0 Å². The Morgan fingerprint density at radius 1 is 1.50 bits per heavy atom. The SMILES string of the molecule is Cc1cocc1-c1[nH]c(=S)ncc1F. The Hall–Kier alpha value is -1.49. The van der Waals surface area contributed by atoms with Gasteiger partial charge >= 0.3 is 0 Å². The fourth-order valence-corrected chi connectivity index (χ4v) is 1.35. The number of furan rings is 1. The van der Waals surface area contributed by atoms with Gasteiger partial charge in [-0.05, 0) is 24.7 Å². The molecule has 0 bridgehead atoms. The lowest BCUT2D eigenvalue weighted by atomic mass is 10.1. The van der Waals surface area contributed by atoms with E-state index in [9.17, 15) is 4.39 Å². The van der Waals surface area contributed by atoms with Crippen LogP contribution in [-0.4, -0.2) is 9.97 Å². The second kappa shape index (κ2) is 3.34. The molecule has 2 aromatic heterocycles. The number of nitrogens with zero attached hydrogens (tertiary/aromatic N) is 1. The van der Waals surface area contributed by atoms with Crippen LogP contribution < -0.4 is 0 Å². The van der Waals surface area contributed by atoms with Crippen LogP contribution in [0.15, 0.2) is 23.1 Å². The minimum Gasteiger partial charge on any atom is -0.472 e. The third-order valence-corrected chi connectivity index (χ3v) is 2.10. The molecule has 72 valence electrons. The molecule has 14 heavy (non-hydrogen) atoms. The number of hydrogen-bond donors (Lipinski definition) is 1. The molecule has 0 aliphatic heterocycles. The molecular weight excluding hydrogens is 203 g/mol. The molecule has 0 amide bonds. The van der Waals surface area contributed by atoms with Gasteiger partial charge in [-0.3, -0.25) is 0 Å². The van der Waals surface area contributed by atoms with Crippen molar-refractivity contribution in [2.24, 2.45) is 0 Å². The molecule has 2 rings (SSSR count). The number of aromatic nitrogens is 2. The Labute approximate surface area is 84.6 Å². The van der Waals surface area contributed by atoms with Gasteiger partial charge in [0.1, 0.15) is 0 Å². The molecule has 0 unspecified atom stereocenters. The van der Waals surface area contributed by atoms with E-state index in [2.05, 4.69) is 9.97 Å². The van der Waals surface area contributed by atoms with Crippen LogP contribution >= 0.6 is 12.2 Å². The van der Waals surface area contributed by atoms with E-state index in [4.69, 9.17) is 16.6 Å². The molecule has 2 heterocycles. The van der Waals surface area contributed by atoms with Gasteiger partial charge in [-0.1, -0.05) is 0 Å². The summed E-state index contributed by atoms with van der Waals surface area (Å²) in [5.74, 6) is -0.442. The summed E-state index contributed by atoms with van der Waals surface area (Å²) >= 11 is 4.81. The Bertz CT molecular complexity index is 518. The zero-order chi connectivity index (χ0) is 10.1. The van der Waals surface area contributed by atoms with E-state index < -0.39 is 5.82 Å². The molecule has 0 fully saturated rings. The third-order valence-electron chi connectivity index (χ3n) is 1.89. The summed E-state index contributed by atoms with van der Waals surface area (Å²) in [6.07, 6.45) is 4.12. The number of H-pyrrole nitrogens is 1. The number of nitrogens with one attached hydrogen (secondary N) is 1. The van der Waals surface area contributed by atoms with Crippen LogP contribution in [0.2, 0.25) is 0 Å². The van der Waals surface area contributed by atoms with E-state index in [1.54, 1.807) is 6.26 Å². The molecule has 5 heteroatoms. The Morgan fingerprint density at radius 3 is 2.93 bits per heavy atom. The Morgan fingerprint density at radius 2 is 2.29 bits per heavy atom. The van der Waals surface area contributed by atoms with Crippen molar-refractivity contribution < 1.29 is 8.81 Å². The van der Waals surface area contributed by atoms with Crippen LogP contribution in [0.3, 0.4) is 0 Å². The summed E-state index contributed by atoms with van der Waals surface area (Å²) in [7, 11) is 0. The van der Waals surface area contributed by atoms with Crippen molar-refractivity contribution in [2.75, 3.05) is 0 Å². The molecule has 0 saturated carbocycles. The number of rotatable bonds is 1. The summed E-state index contributed by atoms with van der Waals surface area (Å²) in [4.78, 5) is 6.32. The zero-order valence-corrected chi connectivity index (χ0v) is 8.19. The molecule has 0 aliphatic rings. The van der Waals surface area contributed by atoms with E-state index >= 15 is 0 Å². The lowest BCUT2D eigenvalue weighted by molar-refractivity contribution is 0.565. The number of hydrogen-bond acceptors (Lipinski definition) is 3. The van der Waals surface area contributed by atoms with Crippen LogP contribution in [0, 0.1) is 17.5 Å². The smallest absolute Gasteiger partial charge is 0.197 e. The van der Waals surface area contributed by atoms with Gasteiger partial charge in [-0.25, -0.2) is 9.37 Å². The first-order valence-electron chi connectivity index (χ1n) is 3.96. The highest BCUT2D eigenvalue weighted by molar-refractivity contribution is 7.71. The van der Waals surface area contributed by atoms with Gasteiger partial charge in [-0.15, -0.1) is 0 Å². The molecule has 1 N–H and O–H groups in total. The first kappa shape index (κ1) is 9.08. The normalized spacial score (nSPS) is 10.4. The molecule has 0 aliphatic carbocycles. The van der Waals surface area contributed by atoms with Gasteiger partial charge < -0.3 is 9.40 Å². The van der Waals surface area contributed by atoms with Gasteiger partial charge in [0.2, 0.25) is 0 Å². The van der Waals surface area contributed by atoms with Gasteiger partial charge in [0.25, 0.3) is 0 Å². The molecule has 0 spiro atoms. The molecule has 3 nitrogen and oxygen atoms in total. The van der Waals surface area contributed by atoms with Gasteiger partial charge in [-0.2, -0.15) is 0 Å². The lowest BCUT2D eigenvalue weighted by Crippen LogP contribution is -1.92. The Balaban J connectivity index is 2.68. The quantitative estimate of drug-likeness (QED) is 0.736. The monoisotopic (exact) mass is 210 g/mol. The molecular formula is C9H7FN2OS. The topological polar surface area (TPSA) is 41.8 Å².